The first-order valence-corrected chi connectivity index (χ1v) is 8.01. The summed E-state index contributed by atoms with van der Waals surface area (Å²) in [6, 6.07) is 13.4. The second-order valence-electron chi connectivity index (χ2n) is 5.67. The predicted octanol–water partition coefficient (Wildman–Crippen LogP) is 3.52. The Balaban J connectivity index is 2.16. The standard InChI is InChI=1S/C18H27N3/c1-4-12-19-18(14-16-11-13-21(3)20-16)17(5-2)15-9-7-6-8-10-15/h6-11,13,17-19H,4-5,12,14H2,1-3H3. The number of hydrogen-bond donors (Lipinski definition) is 1. The molecule has 1 aromatic heterocycles. The van der Waals surface area contributed by atoms with Crippen molar-refractivity contribution in [1.29, 1.82) is 0 Å². The van der Waals surface area contributed by atoms with Gasteiger partial charge in [-0.25, -0.2) is 0 Å². The number of aryl methyl sites for hydroxylation is 1. The topological polar surface area (TPSA) is 29.9 Å². The van der Waals surface area contributed by atoms with Crippen molar-refractivity contribution in [3.05, 3.63) is 53.9 Å². The van der Waals surface area contributed by atoms with E-state index in [4.69, 9.17) is 0 Å². The Morgan fingerprint density at radius 3 is 2.48 bits per heavy atom. The van der Waals surface area contributed by atoms with E-state index in [9.17, 15) is 0 Å². The smallest absolute Gasteiger partial charge is 0.0640 e. The Morgan fingerprint density at radius 2 is 1.90 bits per heavy atom. The SMILES string of the molecule is CCCNC(Cc1ccn(C)n1)C(CC)c1ccccc1. The molecular weight excluding hydrogens is 258 g/mol. The Hall–Kier alpha value is -1.61. The van der Waals surface area contributed by atoms with Crippen LogP contribution in [0.5, 0.6) is 0 Å². The van der Waals surface area contributed by atoms with Crippen molar-refractivity contribution in [2.45, 2.75) is 45.1 Å². The molecule has 0 spiro atoms. The summed E-state index contributed by atoms with van der Waals surface area (Å²) in [7, 11) is 1.98. The van der Waals surface area contributed by atoms with Gasteiger partial charge in [0.1, 0.15) is 0 Å². The monoisotopic (exact) mass is 285 g/mol. The second-order valence-corrected chi connectivity index (χ2v) is 5.67. The van der Waals surface area contributed by atoms with Crippen LogP contribution >= 0.6 is 0 Å². The molecular formula is C18H27N3. The van der Waals surface area contributed by atoms with E-state index in [2.05, 4.69) is 60.7 Å². The zero-order chi connectivity index (χ0) is 15.1. The molecule has 0 bridgehead atoms. The van der Waals surface area contributed by atoms with E-state index in [-0.39, 0.29) is 0 Å². The van der Waals surface area contributed by atoms with E-state index in [1.807, 2.05) is 17.9 Å². The number of aromatic nitrogens is 2. The third-order valence-corrected chi connectivity index (χ3v) is 4.01. The molecule has 3 heteroatoms. The van der Waals surface area contributed by atoms with Crippen LogP contribution in [0.4, 0.5) is 0 Å². The van der Waals surface area contributed by atoms with Crippen molar-refractivity contribution in [1.82, 2.24) is 15.1 Å². The molecule has 3 nitrogen and oxygen atoms in total. The van der Waals surface area contributed by atoms with Gasteiger partial charge in [0.2, 0.25) is 0 Å². The maximum absolute atomic E-state index is 4.55. The van der Waals surface area contributed by atoms with Crippen molar-refractivity contribution in [2.75, 3.05) is 6.54 Å². The van der Waals surface area contributed by atoms with Crippen molar-refractivity contribution in [3.63, 3.8) is 0 Å². The lowest BCUT2D eigenvalue weighted by Gasteiger charge is -2.27. The molecule has 1 N–H and O–H groups in total. The minimum Gasteiger partial charge on any atom is -0.313 e. The maximum atomic E-state index is 4.55. The van der Waals surface area contributed by atoms with Crippen LogP contribution in [0.15, 0.2) is 42.6 Å². The molecule has 0 saturated carbocycles. The van der Waals surface area contributed by atoms with Gasteiger partial charge in [-0.2, -0.15) is 5.10 Å². The van der Waals surface area contributed by atoms with E-state index in [0.717, 1.165) is 25.8 Å². The van der Waals surface area contributed by atoms with Gasteiger partial charge in [0.25, 0.3) is 0 Å². The summed E-state index contributed by atoms with van der Waals surface area (Å²) in [4.78, 5) is 0. The van der Waals surface area contributed by atoms with Crippen LogP contribution in [0.1, 0.15) is 43.9 Å². The lowest BCUT2D eigenvalue weighted by molar-refractivity contribution is 0.415. The second kappa shape index (κ2) is 7.99. The molecule has 1 aromatic carbocycles. The molecule has 2 unspecified atom stereocenters. The zero-order valence-corrected chi connectivity index (χ0v) is 13.4. The molecule has 2 atom stereocenters. The van der Waals surface area contributed by atoms with Crippen LogP contribution in [0, 0.1) is 0 Å². The van der Waals surface area contributed by atoms with Crippen LogP contribution in [-0.4, -0.2) is 22.4 Å². The summed E-state index contributed by atoms with van der Waals surface area (Å²) in [6.07, 6.45) is 5.30. The summed E-state index contributed by atoms with van der Waals surface area (Å²) in [6.45, 7) is 5.55. The van der Waals surface area contributed by atoms with Crippen molar-refractivity contribution >= 4 is 0 Å². The van der Waals surface area contributed by atoms with E-state index in [1.165, 1.54) is 11.3 Å². The van der Waals surface area contributed by atoms with Gasteiger partial charge in [0, 0.05) is 25.7 Å². The maximum Gasteiger partial charge on any atom is 0.0640 e. The summed E-state index contributed by atoms with van der Waals surface area (Å²) in [5, 5.41) is 8.27. The lowest BCUT2D eigenvalue weighted by atomic mass is 9.86. The van der Waals surface area contributed by atoms with Crippen molar-refractivity contribution < 1.29 is 0 Å². The van der Waals surface area contributed by atoms with Crippen molar-refractivity contribution in [2.24, 2.45) is 7.05 Å². The Bertz CT molecular complexity index is 518. The number of nitrogens with one attached hydrogen (secondary N) is 1. The highest BCUT2D eigenvalue weighted by Crippen LogP contribution is 2.25. The van der Waals surface area contributed by atoms with Crippen LogP contribution in [-0.2, 0) is 13.5 Å². The van der Waals surface area contributed by atoms with Crippen LogP contribution in [0.25, 0.3) is 0 Å². The third-order valence-electron chi connectivity index (χ3n) is 4.01. The molecule has 0 aliphatic heterocycles. The molecule has 0 aliphatic carbocycles. The zero-order valence-electron chi connectivity index (χ0n) is 13.4. The fourth-order valence-corrected chi connectivity index (χ4v) is 2.94. The highest BCUT2D eigenvalue weighted by molar-refractivity contribution is 5.22. The van der Waals surface area contributed by atoms with Gasteiger partial charge in [0.15, 0.2) is 0 Å². The summed E-state index contributed by atoms with van der Waals surface area (Å²) >= 11 is 0. The van der Waals surface area contributed by atoms with Gasteiger partial charge >= 0.3 is 0 Å². The van der Waals surface area contributed by atoms with E-state index in [0.29, 0.717) is 12.0 Å². The minimum atomic E-state index is 0.437. The largest absolute Gasteiger partial charge is 0.313 e. The number of hydrogen-bond acceptors (Lipinski definition) is 2. The fraction of sp³-hybridized carbons (Fsp3) is 0.500. The molecule has 2 rings (SSSR count). The van der Waals surface area contributed by atoms with E-state index in [1.54, 1.807) is 0 Å². The third kappa shape index (κ3) is 4.43. The molecule has 0 fully saturated rings. The first kappa shape index (κ1) is 15.8. The molecule has 0 amide bonds. The lowest BCUT2D eigenvalue weighted by Crippen LogP contribution is -2.37. The summed E-state index contributed by atoms with van der Waals surface area (Å²) in [5.41, 5.74) is 2.59. The normalized spacial score (nSPS) is 14.0. The Morgan fingerprint density at radius 1 is 1.14 bits per heavy atom. The fourth-order valence-electron chi connectivity index (χ4n) is 2.94. The average molecular weight is 285 g/mol. The number of rotatable bonds is 8. The Labute approximate surface area is 128 Å². The predicted molar refractivity (Wildman–Crippen MR) is 88.5 cm³/mol. The molecule has 0 saturated heterocycles. The first-order chi connectivity index (χ1) is 10.2. The molecule has 1 heterocycles. The van der Waals surface area contributed by atoms with E-state index >= 15 is 0 Å². The minimum absolute atomic E-state index is 0.437. The van der Waals surface area contributed by atoms with Crippen LogP contribution in [0.3, 0.4) is 0 Å². The quantitative estimate of drug-likeness (QED) is 0.804. The van der Waals surface area contributed by atoms with Gasteiger partial charge in [-0.3, -0.25) is 4.68 Å². The van der Waals surface area contributed by atoms with Gasteiger partial charge in [-0.1, -0.05) is 44.2 Å². The first-order valence-electron chi connectivity index (χ1n) is 8.01. The average Bonchev–Trinajstić information content (AvgIpc) is 2.91. The highest BCUT2D eigenvalue weighted by Gasteiger charge is 2.22. The summed E-state index contributed by atoms with van der Waals surface area (Å²) in [5.74, 6) is 0.528. The summed E-state index contributed by atoms with van der Waals surface area (Å²) < 4.78 is 1.88. The molecule has 0 aliphatic rings. The van der Waals surface area contributed by atoms with Gasteiger partial charge in [-0.05, 0) is 36.9 Å². The van der Waals surface area contributed by atoms with Gasteiger partial charge in [0.05, 0.1) is 5.69 Å². The molecule has 0 radical (unpaired) electrons. The van der Waals surface area contributed by atoms with Gasteiger partial charge < -0.3 is 5.32 Å². The number of nitrogens with zero attached hydrogens (tertiary/aromatic N) is 2. The molecule has 2 aromatic rings. The van der Waals surface area contributed by atoms with Crippen LogP contribution in [0.2, 0.25) is 0 Å². The van der Waals surface area contributed by atoms with Crippen molar-refractivity contribution in [3.8, 4) is 0 Å². The molecule has 114 valence electrons. The Kier molecular flexibility index (Phi) is 6.00. The number of benzene rings is 1. The van der Waals surface area contributed by atoms with E-state index < -0.39 is 0 Å². The van der Waals surface area contributed by atoms with Gasteiger partial charge in [-0.15, -0.1) is 0 Å². The van der Waals surface area contributed by atoms with Crippen LogP contribution < -0.4 is 5.32 Å². The highest BCUT2D eigenvalue weighted by atomic mass is 15.2. The molecule has 21 heavy (non-hydrogen) atoms.